The van der Waals surface area contributed by atoms with Crippen molar-refractivity contribution in [3.05, 3.63) is 185 Å². The number of rotatable bonds is 8. The van der Waals surface area contributed by atoms with Gasteiger partial charge in [-0.1, -0.05) is 115 Å². The van der Waals surface area contributed by atoms with Gasteiger partial charge >= 0.3 is 0 Å². The number of hydrogen-bond donors (Lipinski definition) is 2. The fraction of sp³-hybridized carbons (Fsp3) is 0.0732. The minimum Gasteiger partial charge on any atom is -0.343 e. The van der Waals surface area contributed by atoms with Gasteiger partial charge in [0.25, 0.3) is 5.91 Å². The van der Waals surface area contributed by atoms with Crippen molar-refractivity contribution in [1.82, 2.24) is 30.0 Å². The molecule has 0 bridgehead atoms. The molecule has 0 aliphatic carbocycles. The number of nitrogens with zero attached hydrogens (tertiary/aromatic N) is 4. The van der Waals surface area contributed by atoms with Crippen LogP contribution in [0.15, 0.2) is 152 Å². The molecule has 0 unspecified atom stereocenters. The van der Waals surface area contributed by atoms with Gasteiger partial charge in [-0.05, 0) is 65.6 Å². The second-order valence-corrected chi connectivity index (χ2v) is 12.5. The van der Waals surface area contributed by atoms with Crippen molar-refractivity contribution in [2.45, 2.75) is 18.5 Å². The number of nitrogens with one attached hydrogen (secondary N) is 2. The molecule has 8 aromatic rings. The lowest BCUT2D eigenvalue weighted by Crippen LogP contribution is -2.38. The van der Waals surface area contributed by atoms with Gasteiger partial charge in [0.05, 0.1) is 22.6 Å². The Kier molecular flexibility index (Phi) is 7.74. The lowest BCUT2D eigenvalue weighted by atomic mass is 9.77. The lowest BCUT2D eigenvalue weighted by molar-refractivity contribution is 0.0930. The summed E-state index contributed by atoms with van der Waals surface area (Å²) < 4.78 is 2.12. The zero-order valence-corrected chi connectivity index (χ0v) is 27.3. The van der Waals surface area contributed by atoms with Gasteiger partial charge < -0.3 is 10.3 Å². The Labute approximate surface area is 288 Å². The van der Waals surface area contributed by atoms with E-state index in [2.05, 4.69) is 98.8 Å². The van der Waals surface area contributed by atoms with Crippen LogP contribution in [0.1, 0.15) is 45.8 Å². The molecule has 0 saturated heterocycles. The first kappa shape index (κ1) is 30.3. The number of amides is 1. The third-order valence-electron chi connectivity index (χ3n) is 9.04. The number of halogens is 1. The smallest absolute Gasteiger partial charge is 0.287 e. The predicted molar refractivity (Wildman–Crippen MR) is 195 cm³/mol. The van der Waals surface area contributed by atoms with Crippen LogP contribution < -0.4 is 5.32 Å². The molecule has 0 aliphatic rings. The molecule has 0 radical (unpaired) electrons. The normalized spacial score (nSPS) is 12.3. The summed E-state index contributed by atoms with van der Waals surface area (Å²) in [6.45, 7) is 1.92. The molecule has 1 atom stereocenters. The molecule has 0 fully saturated rings. The van der Waals surface area contributed by atoms with Crippen LogP contribution in [-0.2, 0) is 5.54 Å². The molecule has 3 heterocycles. The number of aromatic nitrogens is 5. The van der Waals surface area contributed by atoms with Gasteiger partial charge in [0.2, 0.25) is 0 Å². The molecule has 8 rings (SSSR count). The maximum absolute atomic E-state index is 13.5. The molecule has 3 aromatic heterocycles. The van der Waals surface area contributed by atoms with Crippen molar-refractivity contribution in [1.29, 1.82) is 0 Å². The molecular formula is C41H31ClN6O. The summed E-state index contributed by atoms with van der Waals surface area (Å²) >= 11 is 6.21. The number of H-pyrrole nitrogens is 1. The van der Waals surface area contributed by atoms with Crippen LogP contribution in [0.3, 0.4) is 0 Å². The third-order valence-corrected chi connectivity index (χ3v) is 9.28. The molecule has 0 spiro atoms. The number of hydrogen-bond acceptors (Lipinski definition) is 4. The Balaban J connectivity index is 1.37. The second kappa shape index (κ2) is 12.5. The van der Waals surface area contributed by atoms with Gasteiger partial charge in [0.15, 0.2) is 5.82 Å². The summed E-state index contributed by atoms with van der Waals surface area (Å²) in [5.41, 5.74) is 7.18. The number of pyridine rings is 1. The van der Waals surface area contributed by atoms with E-state index in [1.807, 2.05) is 67.6 Å². The van der Waals surface area contributed by atoms with Gasteiger partial charge in [-0.15, -0.1) is 0 Å². The number of aromatic amines is 1. The first-order valence-corrected chi connectivity index (χ1v) is 16.5. The van der Waals surface area contributed by atoms with E-state index in [1.165, 1.54) is 0 Å². The monoisotopic (exact) mass is 658 g/mol. The predicted octanol–water partition coefficient (Wildman–Crippen LogP) is 8.96. The van der Waals surface area contributed by atoms with Crippen molar-refractivity contribution in [2.75, 3.05) is 0 Å². The van der Waals surface area contributed by atoms with E-state index >= 15 is 0 Å². The zero-order chi connectivity index (χ0) is 33.4. The van der Waals surface area contributed by atoms with Crippen LogP contribution in [0.25, 0.3) is 33.2 Å². The summed E-state index contributed by atoms with van der Waals surface area (Å²) in [6, 6.07) is 46.6. The molecule has 238 valence electrons. The largest absolute Gasteiger partial charge is 0.343 e. The highest BCUT2D eigenvalue weighted by Gasteiger charge is 2.41. The number of imidazole rings is 1. The van der Waals surface area contributed by atoms with Crippen molar-refractivity contribution in [3.8, 4) is 11.3 Å². The standard InChI is InChI=1S/C41H31ClN6O/c1-27(29-12-11-19-33(42)24-29)44-40(49)39-45-35-25-34-37(26-36(35)46-39)48(47-38(34)28-20-22-43-23-21-28)41(30-13-5-2-6-14-30,31-15-7-3-8-16-31)32-17-9-4-10-18-32/h2-27H,1H3,(H,44,49)(H,45,46)/t27-/m1/s1. The summed E-state index contributed by atoms with van der Waals surface area (Å²) in [4.78, 5) is 25.9. The molecule has 8 heteroatoms. The highest BCUT2D eigenvalue weighted by Crippen LogP contribution is 2.44. The van der Waals surface area contributed by atoms with Crippen molar-refractivity contribution in [2.24, 2.45) is 0 Å². The molecular weight excluding hydrogens is 628 g/mol. The first-order chi connectivity index (χ1) is 24.0. The lowest BCUT2D eigenvalue weighted by Gasteiger charge is -2.37. The van der Waals surface area contributed by atoms with Crippen molar-refractivity contribution >= 4 is 39.4 Å². The van der Waals surface area contributed by atoms with Crippen LogP contribution in [0, 0.1) is 0 Å². The minimum atomic E-state index is -0.854. The quantitative estimate of drug-likeness (QED) is 0.160. The van der Waals surface area contributed by atoms with E-state index < -0.39 is 5.54 Å². The Morgan fingerprint density at radius 2 is 1.39 bits per heavy atom. The van der Waals surface area contributed by atoms with Crippen LogP contribution in [0.4, 0.5) is 0 Å². The minimum absolute atomic E-state index is 0.224. The molecule has 7 nitrogen and oxygen atoms in total. The SMILES string of the molecule is C[C@@H](NC(=O)c1nc2cc3c(-c4ccncc4)nn(C(c4ccccc4)(c4ccccc4)c4ccccc4)c3cc2[nH]1)c1cccc(Cl)c1. The number of carbonyl (C=O) groups is 1. The average molecular weight is 659 g/mol. The Bertz CT molecular complexity index is 2310. The van der Waals surface area contributed by atoms with E-state index in [0.717, 1.165) is 49.9 Å². The first-order valence-electron chi connectivity index (χ1n) is 16.1. The molecule has 2 N–H and O–H groups in total. The van der Waals surface area contributed by atoms with Gasteiger partial charge in [-0.2, -0.15) is 5.10 Å². The number of fused-ring (bicyclic) bond motifs is 2. The average Bonchev–Trinajstić information content (AvgIpc) is 3.74. The molecule has 0 saturated carbocycles. The Hall–Kier alpha value is -6.05. The maximum Gasteiger partial charge on any atom is 0.287 e. The van der Waals surface area contributed by atoms with Gasteiger partial charge in [-0.25, -0.2) is 9.67 Å². The fourth-order valence-corrected chi connectivity index (χ4v) is 6.93. The topological polar surface area (TPSA) is 88.5 Å². The van der Waals surface area contributed by atoms with Gasteiger partial charge in [0, 0.05) is 28.4 Å². The van der Waals surface area contributed by atoms with Crippen molar-refractivity contribution in [3.63, 3.8) is 0 Å². The zero-order valence-electron chi connectivity index (χ0n) is 26.6. The van der Waals surface area contributed by atoms with E-state index in [1.54, 1.807) is 12.4 Å². The highest BCUT2D eigenvalue weighted by molar-refractivity contribution is 6.30. The van der Waals surface area contributed by atoms with E-state index in [0.29, 0.717) is 10.5 Å². The Morgan fingerprint density at radius 1 is 0.776 bits per heavy atom. The van der Waals surface area contributed by atoms with Crippen LogP contribution in [-0.4, -0.2) is 30.6 Å². The van der Waals surface area contributed by atoms with E-state index in [4.69, 9.17) is 21.7 Å². The molecule has 0 aliphatic heterocycles. The molecule has 49 heavy (non-hydrogen) atoms. The number of carbonyl (C=O) groups excluding carboxylic acids is 1. The summed E-state index contributed by atoms with van der Waals surface area (Å²) in [5.74, 6) is -0.0853. The highest BCUT2D eigenvalue weighted by atomic mass is 35.5. The van der Waals surface area contributed by atoms with Crippen LogP contribution in [0.5, 0.6) is 0 Å². The third kappa shape index (κ3) is 5.34. The van der Waals surface area contributed by atoms with Gasteiger partial charge in [-0.3, -0.25) is 9.78 Å². The summed E-state index contributed by atoms with van der Waals surface area (Å²) in [7, 11) is 0. The fourth-order valence-electron chi connectivity index (χ4n) is 6.73. The van der Waals surface area contributed by atoms with Crippen LogP contribution in [0.2, 0.25) is 5.02 Å². The summed E-state index contributed by atoms with van der Waals surface area (Å²) in [5, 5.41) is 10.0. The number of benzene rings is 5. The molecule has 5 aromatic carbocycles. The second-order valence-electron chi connectivity index (χ2n) is 12.0. The maximum atomic E-state index is 13.5. The van der Waals surface area contributed by atoms with Gasteiger partial charge in [0.1, 0.15) is 11.2 Å². The Morgan fingerprint density at radius 3 is 1.98 bits per heavy atom. The summed E-state index contributed by atoms with van der Waals surface area (Å²) in [6.07, 6.45) is 3.55. The van der Waals surface area contributed by atoms with E-state index in [-0.39, 0.29) is 17.8 Å². The van der Waals surface area contributed by atoms with E-state index in [9.17, 15) is 4.79 Å². The van der Waals surface area contributed by atoms with Crippen molar-refractivity contribution < 1.29 is 4.79 Å². The molecule has 1 amide bonds. The van der Waals surface area contributed by atoms with Crippen LogP contribution >= 0.6 is 11.6 Å².